The highest BCUT2D eigenvalue weighted by molar-refractivity contribution is 7.89. The van der Waals surface area contributed by atoms with Gasteiger partial charge in [0.05, 0.1) is 4.90 Å². The topological polar surface area (TPSA) is 49.9 Å². The second-order valence-corrected chi connectivity index (χ2v) is 11.8. The zero-order valence-corrected chi connectivity index (χ0v) is 24.1. The Morgan fingerprint density at radius 3 is 2.23 bits per heavy atom. The Labute approximate surface area is 234 Å². The highest BCUT2D eigenvalue weighted by Crippen LogP contribution is 2.30. The van der Waals surface area contributed by atoms with Crippen LogP contribution in [0.5, 0.6) is 5.75 Å². The molecule has 0 aliphatic heterocycles. The van der Waals surface area contributed by atoms with E-state index in [0.717, 1.165) is 60.1 Å². The van der Waals surface area contributed by atoms with Crippen molar-refractivity contribution in [2.75, 3.05) is 19.6 Å². The summed E-state index contributed by atoms with van der Waals surface area (Å²) in [6.07, 6.45) is 1.72. The van der Waals surface area contributed by atoms with Gasteiger partial charge in [-0.05, 0) is 74.1 Å². The average Bonchev–Trinajstić information content (AvgIpc) is 2.97. The molecule has 0 aliphatic rings. The zero-order valence-electron chi connectivity index (χ0n) is 23.3. The summed E-state index contributed by atoms with van der Waals surface area (Å²) in [4.78, 5) is 2.73. The van der Waals surface area contributed by atoms with Crippen LogP contribution in [0.2, 0.25) is 0 Å². The number of hydrogen-bond acceptors (Lipinski definition) is 4. The van der Waals surface area contributed by atoms with E-state index in [4.69, 9.17) is 4.74 Å². The third-order valence-electron chi connectivity index (χ3n) is 7.30. The summed E-state index contributed by atoms with van der Waals surface area (Å²) >= 11 is 0. The van der Waals surface area contributed by atoms with E-state index in [1.165, 1.54) is 0 Å². The van der Waals surface area contributed by atoms with Crippen molar-refractivity contribution in [2.24, 2.45) is 0 Å². The van der Waals surface area contributed by atoms with Crippen LogP contribution >= 0.6 is 0 Å². The van der Waals surface area contributed by atoms with E-state index in [2.05, 4.69) is 18.7 Å². The monoisotopic (exact) mass is 544 g/mol. The van der Waals surface area contributed by atoms with Crippen molar-refractivity contribution in [1.82, 2.24) is 9.21 Å². The predicted octanol–water partition coefficient (Wildman–Crippen LogP) is 7.12. The molecule has 0 N–H and O–H groups in total. The molecule has 1 atom stereocenters. The molecule has 206 valence electrons. The van der Waals surface area contributed by atoms with Crippen LogP contribution in [-0.4, -0.2) is 43.3 Å². The van der Waals surface area contributed by atoms with Gasteiger partial charge in [-0.15, -0.1) is 0 Å². The zero-order chi connectivity index (χ0) is 27.7. The van der Waals surface area contributed by atoms with Crippen molar-refractivity contribution in [3.8, 4) is 5.75 Å². The van der Waals surface area contributed by atoms with Crippen LogP contribution in [0, 0.1) is 0 Å². The van der Waals surface area contributed by atoms with Gasteiger partial charge in [-0.1, -0.05) is 92.7 Å². The van der Waals surface area contributed by atoms with Crippen LogP contribution in [0.1, 0.15) is 44.7 Å². The lowest BCUT2D eigenvalue weighted by atomic mass is 10.1. The van der Waals surface area contributed by atoms with Gasteiger partial charge in [0, 0.05) is 18.0 Å². The number of hydrogen-bond donors (Lipinski definition) is 0. The fourth-order valence-corrected chi connectivity index (χ4v) is 6.84. The predicted molar refractivity (Wildman–Crippen MR) is 160 cm³/mol. The van der Waals surface area contributed by atoms with E-state index in [1.807, 2.05) is 97.9 Å². The summed E-state index contributed by atoms with van der Waals surface area (Å²) in [6, 6.07) is 30.8. The molecule has 0 fully saturated rings. The van der Waals surface area contributed by atoms with Gasteiger partial charge in [-0.2, -0.15) is 4.31 Å². The first kappa shape index (κ1) is 28.8. The van der Waals surface area contributed by atoms with E-state index in [9.17, 15) is 8.42 Å². The molecule has 0 radical (unpaired) electrons. The first-order valence-electron chi connectivity index (χ1n) is 13.9. The molecule has 5 nitrogen and oxygen atoms in total. The van der Waals surface area contributed by atoms with Crippen LogP contribution in [-0.2, 0) is 23.2 Å². The SMILES string of the molecule is CCN(CC)CCCC(C)N(Cc1cccc(OCc2ccccc2)c1)S(=O)(=O)c1cccc2ccccc12. The van der Waals surface area contributed by atoms with Gasteiger partial charge in [-0.3, -0.25) is 0 Å². The molecule has 0 bridgehead atoms. The Bertz CT molecular complexity index is 1430. The fourth-order valence-electron chi connectivity index (χ4n) is 4.97. The first-order valence-corrected chi connectivity index (χ1v) is 15.3. The van der Waals surface area contributed by atoms with Crippen LogP contribution in [0.15, 0.2) is 102 Å². The third-order valence-corrected chi connectivity index (χ3v) is 9.32. The Morgan fingerprint density at radius 2 is 1.46 bits per heavy atom. The maximum Gasteiger partial charge on any atom is 0.244 e. The molecule has 0 aromatic heterocycles. The lowest BCUT2D eigenvalue weighted by Gasteiger charge is -2.30. The molecule has 0 heterocycles. The van der Waals surface area contributed by atoms with Crippen molar-refractivity contribution < 1.29 is 13.2 Å². The van der Waals surface area contributed by atoms with Gasteiger partial charge in [0.25, 0.3) is 0 Å². The molecule has 1 unspecified atom stereocenters. The standard InChI is InChI=1S/C33H40N2O3S/c1-4-34(5-2)23-13-14-27(3)35(39(36,37)33-22-12-19-30-18-9-10-21-32(30)33)25-29-17-11-20-31(24-29)38-26-28-15-7-6-8-16-28/h6-12,15-22,24,27H,4-5,13-14,23,25-26H2,1-3H3. The van der Waals surface area contributed by atoms with Gasteiger partial charge >= 0.3 is 0 Å². The van der Waals surface area contributed by atoms with Gasteiger partial charge in [0.1, 0.15) is 12.4 Å². The quantitative estimate of drug-likeness (QED) is 0.170. The summed E-state index contributed by atoms with van der Waals surface area (Å²) in [7, 11) is -3.78. The minimum Gasteiger partial charge on any atom is -0.489 e. The summed E-state index contributed by atoms with van der Waals surface area (Å²) in [5, 5.41) is 1.67. The maximum atomic E-state index is 14.3. The fraction of sp³-hybridized carbons (Fsp3) is 0.333. The van der Waals surface area contributed by atoms with Crippen molar-refractivity contribution in [3.63, 3.8) is 0 Å². The van der Waals surface area contributed by atoms with Gasteiger partial charge in [0.2, 0.25) is 10.0 Å². The lowest BCUT2D eigenvalue weighted by Crippen LogP contribution is -2.38. The van der Waals surface area contributed by atoms with Crippen LogP contribution in [0.3, 0.4) is 0 Å². The third kappa shape index (κ3) is 7.47. The summed E-state index contributed by atoms with van der Waals surface area (Å²) in [5.74, 6) is 0.730. The Hall–Kier alpha value is -3.19. The molecule has 39 heavy (non-hydrogen) atoms. The normalized spacial score (nSPS) is 12.7. The number of ether oxygens (including phenoxy) is 1. The smallest absolute Gasteiger partial charge is 0.244 e. The molecule has 0 saturated carbocycles. The van der Waals surface area contributed by atoms with E-state index >= 15 is 0 Å². The Balaban J connectivity index is 1.60. The Morgan fingerprint density at radius 1 is 0.795 bits per heavy atom. The second kappa shape index (κ2) is 13.7. The van der Waals surface area contributed by atoms with Crippen molar-refractivity contribution in [2.45, 2.75) is 57.7 Å². The molecule has 4 rings (SSSR count). The van der Waals surface area contributed by atoms with Gasteiger partial charge in [-0.25, -0.2) is 8.42 Å². The minimum absolute atomic E-state index is 0.168. The Kier molecular flexibility index (Phi) is 10.2. The number of nitrogens with zero attached hydrogens (tertiary/aromatic N) is 2. The summed E-state index contributed by atoms with van der Waals surface area (Å²) in [6.45, 7) is 10.1. The molecular weight excluding hydrogens is 504 g/mol. The molecule has 0 aliphatic carbocycles. The maximum absolute atomic E-state index is 14.3. The van der Waals surface area contributed by atoms with Crippen molar-refractivity contribution in [1.29, 1.82) is 0 Å². The summed E-state index contributed by atoms with van der Waals surface area (Å²) < 4.78 is 36.3. The van der Waals surface area contributed by atoms with Crippen molar-refractivity contribution in [3.05, 3.63) is 108 Å². The minimum atomic E-state index is -3.78. The van der Waals surface area contributed by atoms with E-state index in [1.54, 1.807) is 10.4 Å². The highest BCUT2D eigenvalue weighted by Gasteiger charge is 2.30. The average molecular weight is 545 g/mol. The molecule has 0 amide bonds. The highest BCUT2D eigenvalue weighted by atomic mass is 32.2. The molecule has 6 heteroatoms. The molecule has 0 saturated heterocycles. The lowest BCUT2D eigenvalue weighted by molar-refractivity contribution is 0.265. The van der Waals surface area contributed by atoms with E-state index < -0.39 is 10.0 Å². The number of rotatable bonds is 14. The van der Waals surface area contributed by atoms with Gasteiger partial charge < -0.3 is 9.64 Å². The van der Waals surface area contributed by atoms with Crippen LogP contribution in [0.25, 0.3) is 10.8 Å². The number of fused-ring (bicyclic) bond motifs is 1. The second-order valence-electron chi connectivity index (χ2n) is 9.97. The molecular formula is C33H40N2O3S. The number of sulfonamides is 1. The summed E-state index contributed by atoms with van der Waals surface area (Å²) in [5.41, 5.74) is 1.99. The van der Waals surface area contributed by atoms with E-state index in [0.29, 0.717) is 11.5 Å². The molecule has 4 aromatic rings. The van der Waals surface area contributed by atoms with Crippen molar-refractivity contribution >= 4 is 20.8 Å². The molecule has 0 spiro atoms. The van der Waals surface area contributed by atoms with Gasteiger partial charge in [0.15, 0.2) is 0 Å². The molecule has 4 aromatic carbocycles. The number of benzene rings is 4. The van der Waals surface area contributed by atoms with Crippen LogP contribution < -0.4 is 4.74 Å². The largest absolute Gasteiger partial charge is 0.489 e. The van der Waals surface area contributed by atoms with E-state index in [-0.39, 0.29) is 12.6 Å². The van der Waals surface area contributed by atoms with Crippen LogP contribution in [0.4, 0.5) is 0 Å². The first-order chi connectivity index (χ1) is 18.9.